The van der Waals surface area contributed by atoms with E-state index in [1.54, 1.807) is 0 Å². The van der Waals surface area contributed by atoms with Crippen LogP contribution in [0.2, 0.25) is 0 Å². The molecule has 14 nitrogen and oxygen atoms in total. The van der Waals surface area contributed by atoms with E-state index >= 15 is 0 Å². The first kappa shape index (κ1) is 24.3. The second kappa shape index (κ2) is 9.19. The van der Waals surface area contributed by atoms with Crippen molar-refractivity contribution in [3.8, 4) is 0 Å². The molecule has 2 heterocycles. The standard InChI is InChI=1S/C12H22N6.H2O8S2/c1-11(2,9-13-5-6-14-9)17-18-12(3,4)10-15-7-8-16-10;1-9(2,3)7-8-10(4,5)6/h5-8H2,1-4H3,(H,13,14)(H,15,16);(H,1,2,3)(H,4,5,6). The third-order valence-electron chi connectivity index (χ3n) is 3.26. The van der Waals surface area contributed by atoms with Gasteiger partial charge in [-0.15, -0.1) is 0 Å². The fraction of sp³-hybridized carbons (Fsp3) is 0.833. The molecule has 0 aliphatic carbocycles. The van der Waals surface area contributed by atoms with Crippen molar-refractivity contribution in [2.24, 2.45) is 20.2 Å². The third kappa shape index (κ3) is 8.98. The van der Waals surface area contributed by atoms with E-state index in [9.17, 15) is 16.8 Å². The van der Waals surface area contributed by atoms with Crippen molar-refractivity contribution in [1.82, 2.24) is 10.6 Å². The number of hydrogen-bond acceptors (Lipinski definition) is 12. The zero-order valence-electron chi connectivity index (χ0n) is 15.8. The van der Waals surface area contributed by atoms with Crippen molar-refractivity contribution in [2.45, 2.75) is 38.8 Å². The van der Waals surface area contributed by atoms with Crippen LogP contribution in [0.4, 0.5) is 0 Å². The maximum atomic E-state index is 9.51. The molecule has 2 aliphatic rings. The van der Waals surface area contributed by atoms with Gasteiger partial charge in [0.05, 0.1) is 13.1 Å². The Balaban J connectivity index is 0.000000336. The molecule has 0 radical (unpaired) electrons. The second-order valence-electron chi connectivity index (χ2n) is 6.62. The SMILES string of the molecule is CC(C)(N=NC(C)(C)C1=NCCN1)C1=NCCN1.O=S(=O)(O)OOS(=O)(=O)O. The summed E-state index contributed by atoms with van der Waals surface area (Å²) in [5, 5.41) is 15.4. The molecule has 0 amide bonds. The molecule has 0 unspecified atom stereocenters. The van der Waals surface area contributed by atoms with Crippen LogP contribution in [0.5, 0.6) is 0 Å². The van der Waals surface area contributed by atoms with E-state index < -0.39 is 31.9 Å². The summed E-state index contributed by atoms with van der Waals surface area (Å²) in [6.07, 6.45) is 0. The smallest absolute Gasteiger partial charge is 0.370 e. The predicted octanol–water partition coefficient (Wildman–Crippen LogP) is -0.461. The quantitative estimate of drug-likeness (QED) is 0.172. The fourth-order valence-electron chi connectivity index (χ4n) is 2.03. The number of aliphatic imine (C=N–C) groups is 2. The van der Waals surface area contributed by atoms with Gasteiger partial charge in [0.15, 0.2) is 0 Å². The first-order valence-corrected chi connectivity index (χ1v) is 10.7. The van der Waals surface area contributed by atoms with Crippen LogP contribution in [-0.4, -0.2) is 74.9 Å². The van der Waals surface area contributed by atoms with Crippen LogP contribution in [0, 0.1) is 0 Å². The van der Waals surface area contributed by atoms with E-state index in [-0.39, 0.29) is 0 Å². The lowest BCUT2D eigenvalue weighted by atomic mass is 10.0. The highest BCUT2D eigenvalue weighted by molar-refractivity contribution is 7.83. The van der Waals surface area contributed by atoms with Crippen molar-refractivity contribution in [1.29, 1.82) is 0 Å². The summed E-state index contributed by atoms with van der Waals surface area (Å²) in [5.74, 6) is 1.84. The Hall–Kier alpha value is -1.72. The molecule has 0 saturated heterocycles. The molecular weight excluding hydrogens is 420 g/mol. The van der Waals surface area contributed by atoms with Gasteiger partial charge in [0.25, 0.3) is 0 Å². The summed E-state index contributed by atoms with van der Waals surface area (Å²) >= 11 is 0. The summed E-state index contributed by atoms with van der Waals surface area (Å²) in [6.45, 7) is 11.5. The minimum atomic E-state index is -5.02. The van der Waals surface area contributed by atoms with Gasteiger partial charge in [-0.1, -0.05) is 8.67 Å². The second-order valence-corrected chi connectivity index (χ2v) is 8.61. The first-order chi connectivity index (χ1) is 12.6. The lowest BCUT2D eigenvalue weighted by Gasteiger charge is -2.23. The maximum Gasteiger partial charge on any atom is 0.425 e. The van der Waals surface area contributed by atoms with Crippen molar-refractivity contribution >= 4 is 32.5 Å². The van der Waals surface area contributed by atoms with Gasteiger partial charge >= 0.3 is 20.8 Å². The van der Waals surface area contributed by atoms with Crippen LogP contribution in [0.15, 0.2) is 20.2 Å². The monoisotopic (exact) mass is 444 g/mol. The van der Waals surface area contributed by atoms with Crippen LogP contribution < -0.4 is 10.6 Å². The highest BCUT2D eigenvalue weighted by atomic mass is 32.3. The summed E-state index contributed by atoms with van der Waals surface area (Å²) in [4.78, 5) is 8.82. The molecule has 0 atom stereocenters. The molecule has 0 fully saturated rings. The average molecular weight is 444 g/mol. The molecule has 0 aromatic heterocycles. The third-order valence-corrected chi connectivity index (χ3v) is 3.82. The van der Waals surface area contributed by atoms with Gasteiger partial charge in [0.2, 0.25) is 0 Å². The Labute approximate surface area is 163 Å². The van der Waals surface area contributed by atoms with Gasteiger partial charge in [-0.05, 0) is 27.7 Å². The van der Waals surface area contributed by atoms with Gasteiger partial charge in [-0.3, -0.25) is 19.1 Å². The molecule has 0 aromatic rings. The van der Waals surface area contributed by atoms with E-state index in [4.69, 9.17) is 9.11 Å². The molecule has 0 saturated carbocycles. The highest BCUT2D eigenvalue weighted by Gasteiger charge is 2.31. The van der Waals surface area contributed by atoms with Crippen molar-refractivity contribution in [3.63, 3.8) is 0 Å². The maximum absolute atomic E-state index is 9.51. The molecule has 16 heteroatoms. The minimum absolute atomic E-state index is 0.396. The van der Waals surface area contributed by atoms with Gasteiger partial charge in [-0.2, -0.15) is 27.1 Å². The van der Waals surface area contributed by atoms with Crippen molar-refractivity contribution < 1.29 is 34.6 Å². The van der Waals surface area contributed by atoms with Crippen LogP contribution in [-0.2, 0) is 29.5 Å². The lowest BCUT2D eigenvalue weighted by molar-refractivity contribution is -0.105. The van der Waals surface area contributed by atoms with Gasteiger partial charge < -0.3 is 10.6 Å². The van der Waals surface area contributed by atoms with Crippen LogP contribution in [0.3, 0.4) is 0 Å². The molecule has 0 aromatic carbocycles. The number of amidine groups is 2. The summed E-state index contributed by atoms with van der Waals surface area (Å²) in [7, 11) is -10.0. The zero-order valence-corrected chi connectivity index (χ0v) is 17.4. The summed E-state index contributed by atoms with van der Waals surface area (Å²) in [5.41, 5.74) is -0.792. The fourth-order valence-corrected chi connectivity index (χ4v) is 2.59. The number of nitrogens with one attached hydrogen (secondary N) is 2. The number of rotatable bonds is 7. The molecule has 2 aliphatic heterocycles. The molecule has 0 bridgehead atoms. The number of nitrogens with zero attached hydrogens (tertiary/aromatic N) is 4. The number of hydrogen-bond donors (Lipinski definition) is 4. The lowest BCUT2D eigenvalue weighted by Crippen LogP contribution is -2.41. The van der Waals surface area contributed by atoms with E-state index in [0.717, 1.165) is 37.9 Å². The zero-order chi connectivity index (χ0) is 21.6. The van der Waals surface area contributed by atoms with Crippen LogP contribution >= 0.6 is 0 Å². The topological polar surface area (TPSA) is 201 Å². The van der Waals surface area contributed by atoms with Gasteiger partial charge in [0.1, 0.15) is 22.7 Å². The Morgan fingerprint density at radius 1 is 0.821 bits per heavy atom. The molecular formula is C12H24N6O8S2. The van der Waals surface area contributed by atoms with E-state index in [1.165, 1.54) is 0 Å². The Bertz CT molecular complexity index is 777. The van der Waals surface area contributed by atoms with Crippen LogP contribution in [0.1, 0.15) is 27.7 Å². The first-order valence-electron chi connectivity index (χ1n) is 7.97. The van der Waals surface area contributed by atoms with Gasteiger partial charge in [0, 0.05) is 13.1 Å². The van der Waals surface area contributed by atoms with Crippen LogP contribution in [0.25, 0.3) is 0 Å². The minimum Gasteiger partial charge on any atom is -0.370 e. The number of azo groups is 1. The largest absolute Gasteiger partial charge is 0.425 e. The molecule has 0 spiro atoms. The Morgan fingerprint density at radius 2 is 1.14 bits per heavy atom. The summed E-state index contributed by atoms with van der Waals surface area (Å²) in [6, 6.07) is 0. The molecule has 28 heavy (non-hydrogen) atoms. The van der Waals surface area contributed by atoms with E-state index in [1.807, 2.05) is 27.7 Å². The molecule has 4 N–H and O–H groups in total. The summed E-state index contributed by atoms with van der Waals surface area (Å²) < 4.78 is 58.9. The van der Waals surface area contributed by atoms with Crippen molar-refractivity contribution in [3.05, 3.63) is 0 Å². The average Bonchev–Trinajstić information content (AvgIpc) is 3.24. The molecule has 162 valence electrons. The van der Waals surface area contributed by atoms with E-state index in [0.29, 0.717) is 0 Å². The Morgan fingerprint density at radius 3 is 1.36 bits per heavy atom. The van der Waals surface area contributed by atoms with E-state index in [2.05, 4.69) is 39.5 Å². The molecule has 2 rings (SSSR count). The normalized spacial score (nSPS) is 18.1. The predicted molar refractivity (Wildman–Crippen MR) is 98.9 cm³/mol. The van der Waals surface area contributed by atoms with Crippen molar-refractivity contribution in [2.75, 3.05) is 26.2 Å². The highest BCUT2D eigenvalue weighted by Crippen LogP contribution is 2.19. The Kier molecular flexibility index (Phi) is 7.98. The van der Waals surface area contributed by atoms with Gasteiger partial charge in [-0.25, -0.2) is 0 Å².